The second-order valence-electron chi connectivity index (χ2n) is 5.03. The summed E-state index contributed by atoms with van der Waals surface area (Å²) in [5.74, 6) is -0.0716. The van der Waals surface area contributed by atoms with Crippen LogP contribution in [-0.2, 0) is 11.3 Å². The molecule has 7 heteroatoms. The second-order valence-corrected chi connectivity index (χ2v) is 6.12. The van der Waals surface area contributed by atoms with Crippen LogP contribution in [0.5, 0.6) is 0 Å². The summed E-state index contributed by atoms with van der Waals surface area (Å²) in [7, 11) is 3.76. The summed E-state index contributed by atoms with van der Waals surface area (Å²) in [4.78, 5) is 14.3. The molecule has 0 bridgehead atoms. The Labute approximate surface area is 128 Å². The van der Waals surface area contributed by atoms with Crippen LogP contribution in [0.3, 0.4) is 0 Å². The van der Waals surface area contributed by atoms with E-state index >= 15 is 0 Å². The molecule has 0 aliphatic carbocycles. The lowest BCUT2D eigenvalue weighted by Crippen LogP contribution is -2.36. The van der Waals surface area contributed by atoms with Gasteiger partial charge in [-0.15, -0.1) is 10.2 Å². The van der Waals surface area contributed by atoms with Crippen LogP contribution in [0.25, 0.3) is 0 Å². The van der Waals surface area contributed by atoms with Gasteiger partial charge in [0.15, 0.2) is 0 Å². The third-order valence-corrected chi connectivity index (χ3v) is 3.81. The molecular weight excluding hydrogens is 286 g/mol. The minimum absolute atomic E-state index is 0.0716. The highest BCUT2D eigenvalue weighted by Gasteiger charge is 2.22. The number of carbonyl (C=O) groups is 1. The summed E-state index contributed by atoms with van der Waals surface area (Å²) >= 11 is 1.27. The lowest BCUT2D eigenvalue weighted by atomic mass is 10.0. The van der Waals surface area contributed by atoms with E-state index in [0.717, 1.165) is 5.56 Å². The van der Waals surface area contributed by atoms with Crippen molar-refractivity contribution in [1.82, 2.24) is 20.4 Å². The van der Waals surface area contributed by atoms with Crippen LogP contribution in [-0.4, -0.2) is 35.1 Å². The van der Waals surface area contributed by atoms with E-state index in [9.17, 15) is 4.79 Å². The van der Waals surface area contributed by atoms with E-state index in [0.29, 0.717) is 16.7 Å². The van der Waals surface area contributed by atoms with E-state index in [-0.39, 0.29) is 11.9 Å². The standard InChI is InChI=1S/C14H19N5OS/c1-9-4-6-10(7-5-9)12(19(2)3)13(20)16-8-11-17-18-14(15)21-11/h4-7,12H,8H2,1-3H3,(H2,15,18)(H,16,20)/t12-/m1/s1. The van der Waals surface area contributed by atoms with Crippen molar-refractivity contribution in [3.8, 4) is 0 Å². The summed E-state index contributed by atoms with van der Waals surface area (Å²) in [5.41, 5.74) is 7.65. The molecule has 0 radical (unpaired) electrons. The Morgan fingerprint density at radius 1 is 1.33 bits per heavy atom. The number of anilines is 1. The number of carbonyl (C=O) groups excluding carboxylic acids is 1. The Hall–Kier alpha value is -1.99. The quantitative estimate of drug-likeness (QED) is 0.871. The van der Waals surface area contributed by atoms with Crippen LogP contribution in [0, 0.1) is 6.92 Å². The van der Waals surface area contributed by atoms with E-state index in [1.54, 1.807) is 0 Å². The van der Waals surface area contributed by atoms with Crippen molar-refractivity contribution in [3.63, 3.8) is 0 Å². The normalized spacial score (nSPS) is 12.4. The smallest absolute Gasteiger partial charge is 0.242 e. The average Bonchev–Trinajstić information content (AvgIpc) is 2.84. The van der Waals surface area contributed by atoms with Crippen LogP contribution in [0.1, 0.15) is 22.2 Å². The number of rotatable bonds is 5. The number of nitrogens with one attached hydrogen (secondary N) is 1. The molecule has 0 aliphatic heterocycles. The zero-order valence-corrected chi connectivity index (χ0v) is 13.1. The van der Waals surface area contributed by atoms with Crippen LogP contribution in [0.2, 0.25) is 0 Å². The van der Waals surface area contributed by atoms with E-state index in [1.807, 2.05) is 50.2 Å². The fourth-order valence-electron chi connectivity index (χ4n) is 2.03. The molecule has 0 saturated heterocycles. The van der Waals surface area contributed by atoms with Gasteiger partial charge in [-0.3, -0.25) is 9.69 Å². The molecule has 1 atom stereocenters. The van der Waals surface area contributed by atoms with Gasteiger partial charge >= 0.3 is 0 Å². The molecule has 112 valence electrons. The van der Waals surface area contributed by atoms with Crippen LogP contribution >= 0.6 is 11.3 Å². The molecule has 0 unspecified atom stereocenters. The number of amides is 1. The maximum absolute atomic E-state index is 12.4. The Bertz CT molecular complexity index is 608. The van der Waals surface area contributed by atoms with E-state index in [4.69, 9.17) is 5.73 Å². The van der Waals surface area contributed by atoms with Crippen molar-refractivity contribution in [1.29, 1.82) is 0 Å². The van der Waals surface area contributed by atoms with Crippen molar-refractivity contribution in [2.45, 2.75) is 19.5 Å². The Balaban J connectivity index is 2.07. The molecule has 0 aliphatic rings. The number of benzene rings is 1. The number of likely N-dealkylation sites (N-methyl/N-ethyl adjacent to an activating group) is 1. The number of hydrogen-bond donors (Lipinski definition) is 2. The third-order valence-electron chi connectivity index (χ3n) is 3.05. The minimum atomic E-state index is -0.337. The number of aromatic nitrogens is 2. The van der Waals surface area contributed by atoms with Gasteiger partial charge in [0.05, 0.1) is 6.54 Å². The van der Waals surface area contributed by atoms with Crippen molar-refractivity contribution in [2.75, 3.05) is 19.8 Å². The van der Waals surface area contributed by atoms with E-state index in [2.05, 4.69) is 15.5 Å². The zero-order chi connectivity index (χ0) is 15.4. The fraction of sp³-hybridized carbons (Fsp3) is 0.357. The van der Waals surface area contributed by atoms with Gasteiger partial charge in [-0.05, 0) is 26.6 Å². The molecule has 0 spiro atoms. The number of nitrogens with zero attached hydrogens (tertiary/aromatic N) is 3. The van der Waals surface area contributed by atoms with Crippen molar-refractivity contribution >= 4 is 22.4 Å². The predicted molar refractivity (Wildman–Crippen MR) is 83.8 cm³/mol. The van der Waals surface area contributed by atoms with Crippen LogP contribution < -0.4 is 11.1 Å². The number of hydrogen-bond acceptors (Lipinski definition) is 6. The Kier molecular flexibility index (Phi) is 4.87. The molecule has 6 nitrogen and oxygen atoms in total. The first kappa shape index (κ1) is 15.4. The molecule has 1 aromatic heterocycles. The van der Waals surface area contributed by atoms with Crippen molar-refractivity contribution in [3.05, 3.63) is 40.4 Å². The van der Waals surface area contributed by atoms with Crippen LogP contribution in [0.4, 0.5) is 5.13 Å². The summed E-state index contributed by atoms with van der Waals surface area (Å²) in [6.45, 7) is 2.36. The second kappa shape index (κ2) is 6.64. The molecule has 0 saturated carbocycles. The molecule has 1 aromatic carbocycles. The minimum Gasteiger partial charge on any atom is -0.374 e. The number of aryl methyl sites for hydroxylation is 1. The Morgan fingerprint density at radius 3 is 2.52 bits per heavy atom. The van der Waals surface area contributed by atoms with E-state index in [1.165, 1.54) is 16.9 Å². The molecule has 3 N–H and O–H groups in total. The first-order valence-electron chi connectivity index (χ1n) is 6.56. The predicted octanol–water partition coefficient (Wildman–Crippen LogP) is 1.35. The first-order valence-corrected chi connectivity index (χ1v) is 7.37. The van der Waals surface area contributed by atoms with Gasteiger partial charge in [0.2, 0.25) is 11.0 Å². The summed E-state index contributed by atoms with van der Waals surface area (Å²) < 4.78 is 0. The van der Waals surface area contributed by atoms with Crippen molar-refractivity contribution < 1.29 is 4.79 Å². The Morgan fingerprint density at radius 2 is 2.00 bits per heavy atom. The maximum atomic E-state index is 12.4. The van der Waals surface area contributed by atoms with E-state index < -0.39 is 0 Å². The topological polar surface area (TPSA) is 84.1 Å². The maximum Gasteiger partial charge on any atom is 0.242 e. The number of nitrogen functional groups attached to an aromatic ring is 1. The molecule has 1 amide bonds. The molecular formula is C14H19N5OS. The monoisotopic (exact) mass is 305 g/mol. The lowest BCUT2D eigenvalue weighted by molar-refractivity contribution is -0.125. The molecule has 21 heavy (non-hydrogen) atoms. The summed E-state index contributed by atoms with van der Waals surface area (Å²) in [6.07, 6.45) is 0. The average molecular weight is 305 g/mol. The molecule has 2 aromatic rings. The van der Waals surface area contributed by atoms with Gasteiger partial charge in [-0.2, -0.15) is 0 Å². The van der Waals surface area contributed by atoms with Gasteiger partial charge in [-0.25, -0.2) is 0 Å². The van der Waals surface area contributed by atoms with Gasteiger partial charge in [0, 0.05) is 0 Å². The zero-order valence-electron chi connectivity index (χ0n) is 12.3. The van der Waals surface area contributed by atoms with Crippen LogP contribution in [0.15, 0.2) is 24.3 Å². The van der Waals surface area contributed by atoms with Gasteiger partial charge in [0.1, 0.15) is 11.0 Å². The highest BCUT2D eigenvalue weighted by Crippen LogP contribution is 2.19. The lowest BCUT2D eigenvalue weighted by Gasteiger charge is -2.23. The summed E-state index contributed by atoms with van der Waals surface area (Å²) in [6, 6.07) is 7.62. The molecule has 2 rings (SSSR count). The van der Waals surface area contributed by atoms with Gasteiger partial charge in [0.25, 0.3) is 0 Å². The molecule has 0 fully saturated rings. The van der Waals surface area contributed by atoms with Gasteiger partial charge < -0.3 is 11.1 Å². The van der Waals surface area contributed by atoms with Crippen molar-refractivity contribution in [2.24, 2.45) is 0 Å². The molecule has 1 heterocycles. The van der Waals surface area contributed by atoms with Gasteiger partial charge in [-0.1, -0.05) is 41.2 Å². The SMILES string of the molecule is Cc1ccc([C@H](C(=O)NCc2nnc(N)s2)N(C)C)cc1. The third kappa shape index (κ3) is 3.99. The fourth-order valence-corrected chi connectivity index (χ4v) is 2.58. The first-order chi connectivity index (χ1) is 9.97. The summed E-state index contributed by atoms with van der Waals surface area (Å²) in [5, 5.41) is 11.6. The number of nitrogens with two attached hydrogens (primary N) is 1. The largest absolute Gasteiger partial charge is 0.374 e. The highest BCUT2D eigenvalue weighted by molar-refractivity contribution is 7.15. The highest BCUT2D eigenvalue weighted by atomic mass is 32.1.